The van der Waals surface area contributed by atoms with E-state index in [2.05, 4.69) is 6.92 Å². The highest BCUT2D eigenvalue weighted by Gasteiger charge is 2.35. The van der Waals surface area contributed by atoms with Crippen molar-refractivity contribution in [1.82, 2.24) is 4.31 Å². The van der Waals surface area contributed by atoms with Crippen molar-refractivity contribution in [3.63, 3.8) is 0 Å². The molecule has 1 saturated heterocycles. The van der Waals surface area contributed by atoms with Gasteiger partial charge in [-0.05, 0) is 43.4 Å². The number of nitrogens with two attached hydrogens (primary N) is 1. The summed E-state index contributed by atoms with van der Waals surface area (Å²) < 4.78 is 32.8. The molecular formula is C15H24N2O3S. The summed E-state index contributed by atoms with van der Waals surface area (Å²) in [6.45, 7) is 6.68. The first-order chi connectivity index (χ1) is 9.78. The summed E-state index contributed by atoms with van der Waals surface area (Å²) in [7, 11) is -1.96. The van der Waals surface area contributed by atoms with Crippen LogP contribution in [0.3, 0.4) is 0 Å². The van der Waals surface area contributed by atoms with Gasteiger partial charge in [-0.3, -0.25) is 0 Å². The molecule has 0 amide bonds. The van der Waals surface area contributed by atoms with Gasteiger partial charge in [0.05, 0.1) is 11.8 Å². The molecule has 1 heterocycles. The number of nitrogen functional groups attached to an aromatic ring is 1. The third-order valence-electron chi connectivity index (χ3n) is 4.46. The Morgan fingerprint density at radius 3 is 2.62 bits per heavy atom. The average Bonchev–Trinajstić information content (AvgIpc) is 2.43. The molecule has 6 heteroatoms. The van der Waals surface area contributed by atoms with Crippen molar-refractivity contribution in [1.29, 1.82) is 0 Å². The zero-order valence-electron chi connectivity index (χ0n) is 13.1. The second-order valence-electron chi connectivity index (χ2n) is 5.83. The lowest BCUT2D eigenvalue weighted by molar-refractivity contribution is 0.0184. The quantitative estimate of drug-likeness (QED) is 0.866. The fourth-order valence-electron chi connectivity index (χ4n) is 2.81. The van der Waals surface area contributed by atoms with Gasteiger partial charge >= 0.3 is 0 Å². The number of ether oxygens (including phenoxy) is 1. The van der Waals surface area contributed by atoms with Crippen molar-refractivity contribution in [3.8, 4) is 0 Å². The van der Waals surface area contributed by atoms with Gasteiger partial charge in [0.2, 0.25) is 10.0 Å². The number of methoxy groups -OCH3 is 1. The fourth-order valence-corrected chi connectivity index (χ4v) is 4.67. The maximum Gasteiger partial charge on any atom is 0.245 e. The van der Waals surface area contributed by atoms with Crippen LogP contribution in [0.5, 0.6) is 0 Å². The molecule has 0 radical (unpaired) electrons. The zero-order valence-corrected chi connectivity index (χ0v) is 13.9. The average molecular weight is 312 g/mol. The smallest absolute Gasteiger partial charge is 0.245 e. The van der Waals surface area contributed by atoms with E-state index in [1.165, 1.54) is 4.31 Å². The van der Waals surface area contributed by atoms with Crippen LogP contribution in [-0.2, 0) is 14.8 Å². The summed E-state index contributed by atoms with van der Waals surface area (Å²) in [5, 5.41) is 0. The van der Waals surface area contributed by atoms with Gasteiger partial charge in [0, 0.05) is 20.2 Å². The van der Waals surface area contributed by atoms with Gasteiger partial charge in [-0.15, -0.1) is 0 Å². The van der Waals surface area contributed by atoms with Crippen LogP contribution in [0.2, 0.25) is 0 Å². The van der Waals surface area contributed by atoms with Gasteiger partial charge < -0.3 is 10.5 Å². The predicted octanol–water partition coefficient (Wildman–Crippen LogP) is 1.93. The zero-order chi connectivity index (χ0) is 15.8. The highest BCUT2D eigenvalue weighted by atomic mass is 32.2. The Morgan fingerprint density at radius 1 is 1.33 bits per heavy atom. The summed E-state index contributed by atoms with van der Waals surface area (Å²) in [4.78, 5) is 0.243. The van der Waals surface area contributed by atoms with Crippen LogP contribution < -0.4 is 5.73 Å². The van der Waals surface area contributed by atoms with E-state index >= 15 is 0 Å². The van der Waals surface area contributed by atoms with E-state index in [-0.39, 0.29) is 11.0 Å². The Morgan fingerprint density at radius 2 is 2.00 bits per heavy atom. The Balaban J connectivity index is 2.42. The number of anilines is 1. The van der Waals surface area contributed by atoms with Crippen LogP contribution >= 0.6 is 0 Å². The molecule has 1 aliphatic rings. The molecule has 2 N–H and O–H groups in total. The number of rotatable bonds is 3. The molecule has 1 aromatic rings. The molecule has 118 valence electrons. The van der Waals surface area contributed by atoms with E-state index in [9.17, 15) is 8.42 Å². The SMILES string of the molecule is COC1CN(S(=O)(=O)c2c(N)ccc(C)c2C)CCC1C. The first kappa shape index (κ1) is 16.3. The number of benzene rings is 1. The van der Waals surface area contributed by atoms with Crippen LogP contribution in [0.4, 0.5) is 5.69 Å². The molecule has 21 heavy (non-hydrogen) atoms. The molecule has 1 aliphatic heterocycles. The molecule has 0 saturated carbocycles. The fraction of sp³-hybridized carbons (Fsp3) is 0.600. The minimum atomic E-state index is -3.58. The van der Waals surface area contributed by atoms with Crippen molar-refractivity contribution >= 4 is 15.7 Å². The lowest BCUT2D eigenvalue weighted by Gasteiger charge is -2.35. The summed E-state index contributed by atoms with van der Waals surface area (Å²) in [6.07, 6.45) is 0.725. The maximum atomic E-state index is 12.9. The van der Waals surface area contributed by atoms with E-state index in [1.807, 2.05) is 13.0 Å². The standard InChI is InChI=1S/C15H24N2O3S/c1-10-5-6-13(16)15(12(10)3)21(18,19)17-8-7-11(2)14(9-17)20-4/h5-6,11,14H,7-9,16H2,1-4H3. The third kappa shape index (κ3) is 2.93. The van der Waals surface area contributed by atoms with Crippen molar-refractivity contribution in [3.05, 3.63) is 23.3 Å². The Hall–Kier alpha value is -1.11. The van der Waals surface area contributed by atoms with E-state index < -0.39 is 10.0 Å². The molecule has 0 spiro atoms. The summed E-state index contributed by atoms with van der Waals surface area (Å²) in [5.74, 6) is 0.359. The monoisotopic (exact) mass is 312 g/mol. The predicted molar refractivity (Wildman–Crippen MR) is 83.7 cm³/mol. The number of nitrogens with zero attached hydrogens (tertiary/aromatic N) is 1. The molecule has 0 aromatic heterocycles. The second kappa shape index (κ2) is 5.94. The number of piperidine rings is 1. The molecule has 1 aromatic carbocycles. The minimum absolute atomic E-state index is 0.0696. The van der Waals surface area contributed by atoms with Gasteiger partial charge in [-0.2, -0.15) is 4.31 Å². The minimum Gasteiger partial charge on any atom is -0.398 e. The van der Waals surface area contributed by atoms with Gasteiger partial charge in [0.25, 0.3) is 0 Å². The maximum absolute atomic E-state index is 12.9. The van der Waals surface area contributed by atoms with E-state index in [0.29, 0.717) is 24.7 Å². The van der Waals surface area contributed by atoms with Crippen LogP contribution in [0, 0.1) is 19.8 Å². The highest BCUT2D eigenvalue weighted by Crippen LogP contribution is 2.31. The van der Waals surface area contributed by atoms with E-state index in [0.717, 1.165) is 17.5 Å². The Kier molecular flexibility index (Phi) is 4.60. The Bertz CT molecular complexity index is 628. The van der Waals surface area contributed by atoms with Gasteiger partial charge in [0.1, 0.15) is 4.90 Å². The number of hydrogen-bond donors (Lipinski definition) is 1. The molecule has 0 aliphatic carbocycles. The molecule has 2 rings (SSSR count). The van der Waals surface area contributed by atoms with Gasteiger partial charge in [-0.25, -0.2) is 8.42 Å². The number of sulfonamides is 1. The first-order valence-electron chi connectivity index (χ1n) is 7.17. The molecule has 2 unspecified atom stereocenters. The molecular weight excluding hydrogens is 288 g/mol. The second-order valence-corrected chi connectivity index (χ2v) is 7.70. The van der Waals surface area contributed by atoms with Gasteiger partial charge in [0.15, 0.2) is 0 Å². The van der Waals surface area contributed by atoms with Crippen LogP contribution in [0.15, 0.2) is 17.0 Å². The van der Waals surface area contributed by atoms with Gasteiger partial charge in [-0.1, -0.05) is 13.0 Å². The Labute approximate surface area is 127 Å². The summed E-state index contributed by atoms with van der Waals surface area (Å²) in [6, 6.07) is 3.51. The van der Waals surface area contributed by atoms with E-state index in [1.54, 1.807) is 20.1 Å². The van der Waals surface area contributed by atoms with Crippen LogP contribution in [-0.4, -0.2) is 39.0 Å². The highest BCUT2D eigenvalue weighted by molar-refractivity contribution is 7.89. The van der Waals surface area contributed by atoms with Crippen molar-refractivity contribution in [2.45, 2.75) is 38.2 Å². The lowest BCUT2D eigenvalue weighted by Crippen LogP contribution is -2.46. The van der Waals surface area contributed by atoms with Crippen LogP contribution in [0.1, 0.15) is 24.5 Å². The topological polar surface area (TPSA) is 72.6 Å². The molecule has 1 fully saturated rings. The summed E-state index contributed by atoms with van der Waals surface area (Å²) in [5.41, 5.74) is 7.90. The normalized spacial score (nSPS) is 24.2. The largest absolute Gasteiger partial charge is 0.398 e. The molecule has 5 nitrogen and oxygen atoms in total. The lowest BCUT2D eigenvalue weighted by atomic mass is 9.97. The molecule has 2 atom stereocenters. The van der Waals surface area contributed by atoms with Crippen molar-refractivity contribution < 1.29 is 13.2 Å². The van der Waals surface area contributed by atoms with Crippen molar-refractivity contribution in [2.75, 3.05) is 25.9 Å². The van der Waals surface area contributed by atoms with Crippen molar-refractivity contribution in [2.24, 2.45) is 5.92 Å². The molecule has 0 bridgehead atoms. The number of aryl methyl sites for hydroxylation is 1. The summed E-state index contributed by atoms with van der Waals surface area (Å²) >= 11 is 0. The first-order valence-corrected chi connectivity index (χ1v) is 8.61. The third-order valence-corrected chi connectivity index (χ3v) is 6.53. The van der Waals surface area contributed by atoms with E-state index in [4.69, 9.17) is 10.5 Å². The number of hydrogen-bond acceptors (Lipinski definition) is 4. The van der Waals surface area contributed by atoms with Crippen LogP contribution in [0.25, 0.3) is 0 Å².